The molecule has 0 spiro atoms. The van der Waals surface area contributed by atoms with E-state index < -0.39 is 12.6 Å². The van der Waals surface area contributed by atoms with E-state index in [9.17, 15) is 9.18 Å². The molecule has 1 rings (SSSR count). The van der Waals surface area contributed by atoms with Gasteiger partial charge < -0.3 is 5.32 Å². The largest absolute Gasteiger partial charge is 0.308 e. The summed E-state index contributed by atoms with van der Waals surface area (Å²) in [5, 5.41) is 2.27. The van der Waals surface area contributed by atoms with Crippen LogP contribution in [0.15, 0.2) is 22.8 Å². The summed E-state index contributed by atoms with van der Waals surface area (Å²) in [6.07, 6.45) is 1.52. The Morgan fingerprint density at radius 2 is 2.42 bits per heavy atom. The summed E-state index contributed by atoms with van der Waals surface area (Å²) in [5.41, 5.74) is 0. The van der Waals surface area contributed by atoms with Crippen molar-refractivity contribution in [2.24, 2.45) is 0 Å². The maximum absolute atomic E-state index is 11.7. The second-order valence-corrected chi connectivity index (χ2v) is 2.96. The van der Waals surface area contributed by atoms with E-state index in [0.717, 1.165) is 4.47 Å². The zero-order valence-electron chi connectivity index (χ0n) is 6.05. The van der Waals surface area contributed by atoms with E-state index in [2.05, 4.69) is 26.2 Å². The van der Waals surface area contributed by atoms with Crippen LogP contribution >= 0.6 is 15.9 Å². The summed E-state index contributed by atoms with van der Waals surface area (Å²) in [5.74, 6) is -0.342. The molecule has 1 N–H and O–H groups in total. The van der Waals surface area contributed by atoms with Crippen LogP contribution < -0.4 is 5.32 Å². The highest BCUT2D eigenvalue weighted by atomic mass is 79.9. The molecule has 0 aliphatic carbocycles. The third kappa shape index (κ3) is 2.58. The molecule has 0 bridgehead atoms. The number of hydrogen-bond donors (Lipinski definition) is 1. The molecule has 12 heavy (non-hydrogen) atoms. The van der Waals surface area contributed by atoms with Crippen molar-refractivity contribution < 1.29 is 9.18 Å². The lowest BCUT2D eigenvalue weighted by atomic mass is 10.4. The third-order valence-corrected chi connectivity index (χ3v) is 1.59. The van der Waals surface area contributed by atoms with Gasteiger partial charge in [-0.05, 0) is 28.1 Å². The summed E-state index contributed by atoms with van der Waals surface area (Å²) in [4.78, 5) is 14.3. The average Bonchev–Trinajstić information content (AvgIpc) is 2.09. The fourth-order valence-electron chi connectivity index (χ4n) is 0.626. The summed E-state index contributed by atoms with van der Waals surface area (Å²) in [6, 6.07) is 3.29. The highest BCUT2D eigenvalue weighted by Gasteiger charge is 2.00. The molecule has 1 aromatic rings. The van der Waals surface area contributed by atoms with Gasteiger partial charge in [0, 0.05) is 10.7 Å². The number of halogens is 2. The topological polar surface area (TPSA) is 42.0 Å². The second kappa shape index (κ2) is 4.15. The highest BCUT2D eigenvalue weighted by Crippen LogP contribution is 2.09. The van der Waals surface area contributed by atoms with Crippen molar-refractivity contribution in [2.45, 2.75) is 0 Å². The number of aromatic nitrogens is 1. The van der Waals surface area contributed by atoms with E-state index in [1.807, 2.05) is 0 Å². The molecular formula is C7H6BrFN2O. The first-order chi connectivity index (χ1) is 5.72. The van der Waals surface area contributed by atoms with E-state index in [4.69, 9.17) is 0 Å². The Balaban J connectivity index is 2.64. The van der Waals surface area contributed by atoms with Crippen LogP contribution in [-0.4, -0.2) is 17.6 Å². The Morgan fingerprint density at radius 1 is 1.67 bits per heavy atom. The highest BCUT2D eigenvalue weighted by molar-refractivity contribution is 9.10. The van der Waals surface area contributed by atoms with Gasteiger partial charge in [0.2, 0.25) is 0 Å². The van der Waals surface area contributed by atoms with Gasteiger partial charge >= 0.3 is 0 Å². The Kier molecular flexibility index (Phi) is 3.16. The van der Waals surface area contributed by atoms with Gasteiger partial charge in [0.15, 0.2) is 6.67 Å². The second-order valence-electron chi connectivity index (χ2n) is 2.04. The lowest BCUT2D eigenvalue weighted by molar-refractivity contribution is -0.117. The van der Waals surface area contributed by atoms with Crippen LogP contribution in [0, 0.1) is 0 Å². The van der Waals surface area contributed by atoms with Crippen molar-refractivity contribution in [1.82, 2.24) is 4.98 Å². The van der Waals surface area contributed by atoms with Crippen LogP contribution in [-0.2, 0) is 4.79 Å². The molecule has 0 atom stereocenters. The molecule has 0 unspecified atom stereocenters. The van der Waals surface area contributed by atoms with Gasteiger partial charge in [0.05, 0.1) is 0 Å². The van der Waals surface area contributed by atoms with Gasteiger partial charge in [0.25, 0.3) is 5.91 Å². The first kappa shape index (κ1) is 9.12. The molecule has 0 saturated carbocycles. The van der Waals surface area contributed by atoms with Crippen LogP contribution in [0.3, 0.4) is 0 Å². The van der Waals surface area contributed by atoms with E-state index in [1.165, 1.54) is 6.20 Å². The molecule has 0 aliphatic rings. The SMILES string of the molecule is O=C(CF)Nc1ccc(Br)cn1. The van der Waals surface area contributed by atoms with Crippen LogP contribution in [0.1, 0.15) is 0 Å². The number of alkyl halides is 1. The summed E-state index contributed by atoms with van der Waals surface area (Å²) in [7, 11) is 0. The normalized spacial score (nSPS) is 9.50. The summed E-state index contributed by atoms with van der Waals surface area (Å²) >= 11 is 3.18. The van der Waals surface area contributed by atoms with E-state index >= 15 is 0 Å². The van der Waals surface area contributed by atoms with Crippen LogP contribution in [0.5, 0.6) is 0 Å². The van der Waals surface area contributed by atoms with E-state index in [0.29, 0.717) is 5.82 Å². The number of amides is 1. The smallest absolute Gasteiger partial charge is 0.256 e. The van der Waals surface area contributed by atoms with Gasteiger partial charge in [-0.25, -0.2) is 9.37 Å². The van der Waals surface area contributed by atoms with Crippen molar-refractivity contribution in [3.63, 3.8) is 0 Å². The van der Waals surface area contributed by atoms with Crippen molar-refractivity contribution in [3.8, 4) is 0 Å². The lowest BCUT2D eigenvalue weighted by Gasteiger charge is -1.99. The fraction of sp³-hybridized carbons (Fsp3) is 0.143. The quantitative estimate of drug-likeness (QED) is 0.845. The standard InChI is InChI=1S/C7H6BrFN2O/c8-5-1-2-6(10-4-5)11-7(12)3-9/h1-2,4H,3H2,(H,10,11,12). The Morgan fingerprint density at radius 3 is 2.92 bits per heavy atom. The minimum absolute atomic E-state index is 0.348. The van der Waals surface area contributed by atoms with Crippen LogP contribution in [0.2, 0.25) is 0 Å². The molecule has 64 valence electrons. The number of hydrogen-bond acceptors (Lipinski definition) is 2. The molecule has 5 heteroatoms. The first-order valence-electron chi connectivity index (χ1n) is 3.20. The molecule has 0 aromatic carbocycles. The predicted molar refractivity (Wildman–Crippen MR) is 46.5 cm³/mol. The Labute approximate surface area is 77.1 Å². The number of anilines is 1. The van der Waals surface area contributed by atoms with Gasteiger partial charge in [-0.15, -0.1) is 0 Å². The lowest BCUT2D eigenvalue weighted by Crippen LogP contribution is -2.13. The molecule has 3 nitrogen and oxygen atoms in total. The van der Waals surface area contributed by atoms with Crippen LogP contribution in [0.25, 0.3) is 0 Å². The van der Waals surface area contributed by atoms with Crippen molar-refractivity contribution in [1.29, 1.82) is 0 Å². The predicted octanol–water partition coefficient (Wildman–Crippen LogP) is 1.75. The molecular weight excluding hydrogens is 227 g/mol. The first-order valence-corrected chi connectivity index (χ1v) is 3.99. The van der Waals surface area contributed by atoms with Gasteiger partial charge in [0.1, 0.15) is 5.82 Å². The number of nitrogens with one attached hydrogen (secondary N) is 1. The van der Waals surface area contributed by atoms with Gasteiger partial charge in [-0.3, -0.25) is 4.79 Å². The van der Waals surface area contributed by atoms with Crippen molar-refractivity contribution in [2.75, 3.05) is 12.0 Å². The van der Waals surface area contributed by atoms with E-state index in [-0.39, 0.29) is 0 Å². The molecule has 0 radical (unpaired) electrons. The molecule has 0 aliphatic heterocycles. The van der Waals surface area contributed by atoms with Crippen LogP contribution in [0.4, 0.5) is 10.2 Å². The zero-order valence-corrected chi connectivity index (χ0v) is 7.64. The van der Waals surface area contributed by atoms with E-state index in [1.54, 1.807) is 12.1 Å². The average molecular weight is 233 g/mol. The van der Waals surface area contributed by atoms with Gasteiger partial charge in [-0.2, -0.15) is 0 Å². The number of carbonyl (C=O) groups is 1. The van der Waals surface area contributed by atoms with Gasteiger partial charge in [-0.1, -0.05) is 0 Å². The Bertz CT molecular complexity index is 275. The van der Waals surface area contributed by atoms with Crippen molar-refractivity contribution >= 4 is 27.7 Å². The molecule has 1 aromatic heterocycles. The summed E-state index contributed by atoms with van der Waals surface area (Å²) in [6.45, 7) is -1.03. The third-order valence-electron chi connectivity index (χ3n) is 1.12. The number of pyridine rings is 1. The molecule has 0 saturated heterocycles. The summed E-state index contributed by atoms with van der Waals surface area (Å²) < 4.78 is 12.5. The maximum Gasteiger partial charge on any atom is 0.256 e. The Hall–Kier alpha value is -0.970. The fourth-order valence-corrected chi connectivity index (χ4v) is 0.861. The molecule has 0 fully saturated rings. The minimum Gasteiger partial charge on any atom is -0.308 e. The molecule has 1 amide bonds. The number of nitrogens with zero attached hydrogens (tertiary/aromatic N) is 1. The molecule has 1 heterocycles. The minimum atomic E-state index is -1.03. The monoisotopic (exact) mass is 232 g/mol. The zero-order chi connectivity index (χ0) is 8.97. The van der Waals surface area contributed by atoms with Crippen molar-refractivity contribution in [3.05, 3.63) is 22.8 Å². The number of rotatable bonds is 2. The maximum atomic E-state index is 11.7. The number of carbonyl (C=O) groups excluding carboxylic acids is 1.